The number of rotatable bonds is 15. The van der Waals surface area contributed by atoms with Crippen LogP contribution in [0, 0.1) is 6.92 Å². The van der Waals surface area contributed by atoms with Crippen LogP contribution in [0.1, 0.15) is 48.2 Å². The van der Waals surface area contributed by atoms with Crippen LogP contribution in [0.5, 0.6) is 5.75 Å². The summed E-state index contributed by atoms with van der Waals surface area (Å²) in [5.41, 5.74) is 3.52. The van der Waals surface area contributed by atoms with Crippen LogP contribution in [0.25, 0.3) is 0 Å². The first-order chi connectivity index (χ1) is 17.1. The fraction of sp³-hybridized carbons (Fsp3) is 0.444. The lowest BCUT2D eigenvalue weighted by Crippen LogP contribution is -2.22. The van der Waals surface area contributed by atoms with Crippen molar-refractivity contribution in [3.8, 4) is 5.75 Å². The average molecular weight is 497 g/mol. The van der Waals surface area contributed by atoms with Crippen molar-refractivity contribution >= 4 is 17.7 Å². The van der Waals surface area contributed by atoms with Gasteiger partial charge in [0.05, 0.1) is 7.11 Å². The topological polar surface area (TPSA) is 78.3 Å². The molecule has 2 aromatic carbocycles. The number of nitrogens with one attached hydrogen (secondary N) is 1. The van der Waals surface area contributed by atoms with Crippen LogP contribution < -0.4 is 10.1 Å². The van der Waals surface area contributed by atoms with Gasteiger partial charge in [0.25, 0.3) is 0 Å². The maximum atomic E-state index is 12.3. The van der Waals surface area contributed by atoms with Crippen LogP contribution in [0.2, 0.25) is 0 Å². The van der Waals surface area contributed by atoms with Crippen molar-refractivity contribution in [3.63, 3.8) is 0 Å². The summed E-state index contributed by atoms with van der Waals surface area (Å²) < 4.78 is 12.8. The highest BCUT2D eigenvalue weighted by Gasteiger charge is 2.13. The molecule has 3 aromatic rings. The monoisotopic (exact) mass is 496 g/mol. The summed E-state index contributed by atoms with van der Waals surface area (Å²) in [6, 6.07) is 16.3. The number of aromatic nitrogens is 3. The van der Waals surface area contributed by atoms with Crippen LogP contribution in [0.4, 0.5) is 0 Å². The third kappa shape index (κ3) is 8.71. The van der Waals surface area contributed by atoms with Gasteiger partial charge < -0.3 is 19.4 Å². The Labute approximate surface area is 212 Å². The first-order valence-electron chi connectivity index (χ1n) is 12.1. The molecule has 0 spiro atoms. The molecule has 7 nitrogen and oxygen atoms in total. The normalized spacial score (nSPS) is 10.9. The van der Waals surface area contributed by atoms with Crippen LogP contribution in [0.15, 0.2) is 53.7 Å². The first-order valence-corrected chi connectivity index (χ1v) is 13.1. The molecule has 0 atom stereocenters. The summed E-state index contributed by atoms with van der Waals surface area (Å²) in [6.07, 6.45) is 3.87. The van der Waals surface area contributed by atoms with Gasteiger partial charge in [-0.2, -0.15) is 0 Å². The Hall–Kier alpha value is -2.84. The second kappa shape index (κ2) is 14.5. The minimum Gasteiger partial charge on any atom is -0.496 e. The Kier molecular flexibility index (Phi) is 11.1. The molecular weight excluding hydrogens is 460 g/mol. The van der Waals surface area contributed by atoms with Gasteiger partial charge in [0, 0.05) is 51.0 Å². The standard InChI is InChI=1S/C27H36N4O3S/c1-21-10-8-11-22(18-21)20-35-27-30-29-25(31(27)16-9-17-33-2)14-6-7-15-26(32)28-19-23-12-4-5-13-24(23)34-3/h4-5,8,10-13,18H,6-7,9,14-17,19-20H2,1-3H3,(H,28,32). The number of para-hydroxylation sites is 1. The minimum atomic E-state index is 0.0480. The fourth-order valence-electron chi connectivity index (χ4n) is 3.85. The molecule has 0 aliphatic heterocycles. The molecule has 0 saturated heterocycles. The lowest BCUT2D eigenvalue weighted by molar-refractivity contribution is -0.121. The highest BCUT2D eigenvalue weighted by Crippen LogP contribution is 2.23. The quantitative estimate of drug-likeness (QED) is 0.237. The molecule has 1 N–H and O–H groups in total. The molecule has 0 saturated carbocycles. The van der Waals surface area contributed by atoms with Gasteiger partial charge in [0.2, 0.25) is 5.91 Å². The number of aryl methyl sites for hydroxylation is 2. The zero-order valence-corrected chi connectivity index (χ0v) is 21.8. The lowest BCUT2D eigenvalue weighted by Gasteiger charge is -2.11. The number of methoxy groups -OCH3 is 2. The van der Waals surface area contributed by atoms with Gasteiger partial charge in [0.15, 0.2) is 5.16 Å². The lowest BCUT2D eigenvalue weighted by atomic mass is 10.1. The molecule has 0 fully saturated rings. The molecule has 1 aromatic heterocycles. The molecular formula is C27H36N4O3S. The van der Waals surface area contributed by atoms with Crippen LogP contribution in [-0.2, 0) is 34.8 Å². The van der Waals surface area contributed by atoms with E-state index in [-0.39, 0.29) is 5.91 Å². The summed E-state index contributed by atoms with van der Waals surface area (Å²) in [4.78, 5) is 12.3. The molecule has 1 heterocycles. The van der Waals surface area contributed by atoms with Gasteiger partial charge in [-0.05, 0) is 37.8 Å². The number of amides is 1. The van der Waals surface area contributed by atoms with Gasteiger partial charge in [-0.1, -0.05) is 59.8 Å². The molecule has 8 heteroatoms. The summed E-state index contributed by atoms with van der Waals surface area (Å²) in [5, 5.41) is 12.9. The molecule has 35 heavy (non-hydrogen) atoms. The smallest absolute Gasteiger partial charge is 0.220 e. The van der Waals surface area contributed by atoms with Crippen molar-refractivity contribution < 1.29 is 14.3 Å². The average Bonchev–Trinajstić information content (AvgIpc) is 3.26. The van der Waals surface area contributed by atoms with Gasteiger partial charge in [-0.15, -0.1) is 10.2 Å². The van der Waals surface area contributed by atoms with E-state index in [1.165, 1.54) is 11.1 Å². The predicted molar refractivity (Wildman–Crippen MR) is 140 cm³/mol. The van der Waals surface area contributed by atoms with Crippen molar-refractivity contribution in [2.45, 2.75) is 63.0 Å². The van der Waals surface area contributed by atoms with Gasteiger partial charge in [0.1, 0.15) is 11.6 Å². The number of carbonyl (C=O) groups is 1. The number of benzene rings is 2. The second-order valence-corrected chi connectivity index (χ2v) is 9.41. The highest BCUT2D eigenvalue weighted by atomic mass is 32.2. The van der Waals surface area contributed by atoms with E-state index < -0.39 is 0 Å². The summed E-state index contributed by atoms with van der Waals surface area (Å²) in [7, 11) is 3.36. The Balaban J connectivity index is 1.48. The summed E-state index contributed by atoms with van der Waals surface area (Å²) in [6.45, 7) is 4.11. The zero-order valence-electron chi connectivity index (χ0n) is 21.0. The van der Waals surface area contributed by atoms with E-state index in [0.717, 1.165) is 60.3 Å². The highest BCUT2D eigenvalue weighted by molar-refractivity contribution is 7.98. The van der Waals surface area contributed by atoms with Crippen molar-refractivity contribution in [2.75, 3.05) is 20.8 Å². The van der Waals surface area contributed by atoms with Crippen molar-refractivity contribution in [2.24, 2.45) is 0 Å². The molecule has 1 amide bonds. The van der Waals surface area contributed by atoms with E-state index in [1.54, 1.807) is 26.0 Å². The molecule has 3 rings (SSSR count). The SMILES string of the molecule is COCCCn1c(CCCCC(=O)NCc2ccccc2OC)nnc1SCc1cccc(C)c1. The number of carbonyl (C=O) groups excluding carboxylic acids is 1. The summed E-state index contributed by atoms with van der Waals surface area (Å²) >= 11 is 1.71. The Morgan fingerprint density at radius 1 is 1.06 bits per heavy atom. The molecule has 0 aliphatic rings. The van der Waals surface area contributed by atoms with Crippen molar-refractivity contribution in [1.82, 2.24) is 20.1 Å². The number of ether oxygens (including phenoxy) is 2. The van der Waals surface area contributed by atoms with Crippen LogP contribution in [0.3, 0.4) is 0 Å². The predicted octanol–water partition coefficient (Wildman–Crippen LogP) is 4.95. The van der Waals surface area contributed by atoms with Gasteiger partial charge in [-0.3, -0.25) is 4.79 Å². The number of hydrogen-bond acceptors (Lipinski definition) is 6. The largest absolute Gasteiger partial charge is 0.496 e. The Morgan fingerprint density at radius 2 is 1.91 bits per heavy atom. The molecule has 0 aliphatic carbocycles. The third-order valence-corrected chi connectivity index (χ3v) is 6.73. The molecule has 0 unspecified atom stereocenters. The van der Waals surface area contributed by atoms with Gasteiger partial charge >= 0.3 is 0 Å². The summed E-state index contributed by atoms with van der Waals surface area (Å²) in [5.74, 6) is 2.67. The van der Waals surface area contributed by atoms with E-state index in [4.69, 9.17) is 9.47 Å². The molecule has 0 bridgehead atoms. The minimum absolute atomic E-state index is 0.0480. The zero-order chi connectivity index (χ0) is 24.9. The maximum Gasteiger partial charge on any atom is 0.220 e. The van der Waals surface area contributed by atoms with E-state index in [1.807, 2.05) is 24.3 Å². The third-order valence-electron chi connectivity index (χ3n) is 5.70. The van der Waals surface area contributed by atoms with Gasteiger partial charge in [-0.25, -0.2) is 0 Å². The Bertz CT molecular complexity index is 1070. The molecule has 188 valence electrons. The number of unbranched alkanes of at least 4 members (excludes halogenated alkanes) is 1. The second-order valence-electron chi connectivity index (χ2n) is 8.47. The van der Waals surface area contributed by atoms with Crippen molar-refractivity contribution in [3.05, 3.63) is 71.0 Å². The van der Waals surface area contributed by atoms with E-state index in [0.29, 0.717) is 19.6 Å². The van der Waals surface area contributed by atoms with Crippen LogP contribution in [-0.4, -0.2) is 41.5 Å². The molecule has 0 radical (unpaired) electrons. The van der Waals surface area contributed by atoms with Crippen molar-refractivity contribution in [1.29, 1.82) is 0 Å². The van der Waals surface area contributed by atoms with E-state index in [2.05, 4.69) is 51.3 Å². The number of thioether (sulfide) groups is 1. The first kappa shape index (κ1) is 26.8. The van der Waals surface area contributed by atoms with E-state index in [9.17, 15) is 4.79 Å². The Morgan fingerprint density at radius 3 is 2.71 bits per heavy atom. The van der Waals surface area contributed by atoms with E-state index >= 15 is 0 Å². The fourth-order valence-corrected chi connectivity index (χ4v) is 4.78. The number of nitrogens with zero attached hydrogens (tertiary/aromatic N) is 3. The van der Waals surface area contributed by atoms with Crippen LogP contribution >= 0.6 is 11.8 Å². The number of hydrogen-bond donors (Lipinski definition) is 1. The maximum absolute atomic E-state index is 12.3.